The van der Waals surface area contributed by atoms with Crippen LogP contribution in [0.3, 0.4) is 0 Å². The van der Waals surface area contributed by atoms with E-state index in [2.05, 4.69) is 20.8 Å². The average molecular weight is 623 g/mol. The molecule has 41 heavy (non-hydrogen) atoms. The molecule has 0 atom stereocenters. The first kappa shape index (κ1) is 41.7. The molecule has 0 saturated heterocycles. The van der Waals surface area contributed by atoms with Crippen molar-refractivity contribution in [1.82, 2.24) is 0 Å². The summed E-state index contributed by atoms with van der Waals surface area (Å²) in [6, 6.07) is 0. The Morgan fingerprint density at radius 2 is 0.463 bits per heavy atom. The fourth-order valence-corrected chi connectivity index (χ4v) is 13.8. The predicted octanol–water partition coefficient (Wildman–Crippen LogP) is 12.9. The Hall–Kier alpha value is 0.660. The van der Waals surface area contributed by atoms with Gasteiger partial charge in [0.1, 0.15) is 0 Å². The van der Waals surface area contributed by atoms with Gasteiger partial charge in [0.15, 0.2) is 0 Å². The minimum absolute atomic E-state index is 0.883. The topological polar surface area (TPSA) is 60.7 Å². The molecule has 252 valence electrons. The van der Waals surface area contributed by atoms with E-state index in [-0.39, 0.29) is 0 Å². The zero-order chi connectivity index (χ0) is 30.3. The molecule has 3 N–H and O–H groups in total. The van der Waals surface area contributed by atoms with Crippen molar-refractivity contribution in [2.45, 2.75) is 213 Å². The first-order valence-electron chi connectivity index (χ1n) is 18.9. The van der Waals surface area contributed by atoms with Crippen molar-refractivity contribution in [3.05, 3.63) is 0 Å². The van der Waals surface area contributed by atoms with Gasteiger partial charge in [-0.15, -0.1) is 0 Å². The second-order valence-electron chi connectivity index (χ2n) is 13.3. The fraction of sp³-hybridized carbons (Fsp3) is 1.00. The number of hydrogen-bond donors (Lipinski definition) is 3. The molecule has 0 aromatic rings. The van der Waals surface area contributed by atoms with Gasteiger partial charge in [-0.05, 0) is 0 Å². The molecule has 0 aliphatic heterocycles. The molecule has 0 aromatic heterocycles. The number of hydrogen-bond acceptors (Lipinski definition) is 3. The predicted molar refractivity (Wildman–Crippen MR) is 193 cm³/mol. The van der Waals surface area contributed by atoms with E-state index in [1.807, 2.05) is 0 Å². The van der Waals surface area contributed by atoms with Crippen LogP contribution in [0.4, 0.5) is 0 Å². The van der Waals surface area contributed by atoms with Crippen LogP contribution in [0.15, 0.2) is 0 Å². The van der Waals surface area contributed by atoms with Crippen molar-refractivity contribution in [3.8, 4) is 0 Å². The minimum atomic E-state index is -4.14. The van der Waals surface area contributed by atoms with Crippen LogP contribution in [0.1, 0.15) is 213 Å². The van der Waals surface area contributed by atoms with Crippen LogP contribution in [-0.4, -0.2) is 31.9 Å². The SMILES string of the molecule is CCCCCCCCCCCCS(CCCCCCCCCCCC)(CCCCCCCCCCCC)[PH](O)(O)O. The monoisotopic (exact) mass is 623 g/mol. The van der Waals surface area contributed by atoms with Crippen molar-refractivity contribution in [1.29, 1.82) is 0 Å². The standard InChI is InChI=1S/C36H79O3PS/c1-4-7-10-13-16-19-22-25-28-31-34-41(40(37,38)39,35-32-29-26-23-20-17-14-11-8-5-2)36-33-30-27-24-21-18-15-12-9-6-3/h37-40H,4-36H2,1-3H3. The zero-order valence-corrected chi connectivity index (χ0v) is 30.4. The van der Waals surface area contributed by atoms with Crippen LogP contribution < -0.4 is 0 Å². The van der Waals surface area contributed by atoms with E-state index in [9.17, 15) is 14.7 Å². The molecule has 0 rings (SSSR count). The van der Waals surface area contributed by atoms with Gasteiger partial charge in [-0.2, -0.15) is 0 Å². The van der Waals surface area contributed by atoms with Gasteiger partial charge in [0, 0.05) is 0 Å². The summed E-state index contributed by atoms with van der Waals surface area (Å²) >= 11 is 0. The summed E-state index contributed by atoms with van der Waals surface area (Å²) in [5.74, 6) is 2.65. The van der Waals surface area contributed by atoms with Crippen molar-refractivity contribution in [2.75, 3.05) is 17.3 Å². The zero-order valence-electron chi connectivity index (χ0n) is 28.6. The van der Waals surface area contributed by atoms with Gasteiger partial charge < -0.3 is 0 Å². The molecule has 0 bridgehead atoms. The normalized spacial score (nSPS) is 13.2. The third kappa shape index (κ3) is 25.7. The van der Waals surface area contributed by atoms with Crippen LogP contribution in [0.25, 0.3) is 0 Å². The molecule has 0 aromatic carbocycles. The second-order valence-corrected chi connectivity index (χ2v) is 22.0. The summed E-state index contributed by atoms with van der Waals surface area (Å²) in [7, 11) is -5.87. The van der Waals surface area contributed by atoms with Gasteiger partial charge in [-0.1, -0.05) is 20.8 Å². The van der Waals surface area contributed by atoms with E-state index in [0.29, 0.717) is 0 Å². The molecule has 0 heterocycles. The maximum absolute atomic E-state index is 10.8. The summed E-state index contributed by atoms with van der Waals surface area (Å²) in [6.45, 7) is 6.83. The van der Waals surface area contributed by atoms with Crippen molar-refractivity contribution < 1.29 is 14.7 Å². The van der Waals surface area contributed by atoms with E-state index in [1.54, 1.807) is 0 Å². The molecular formula is C36H79O3PS. The van der Waals surface area contributed by atoms with E-state index in [0.717, 1.165) is 36.5 Å². The first-order chi connectivity index (χ1) is 19.9. The van der Waals surface area contributed by atoms with E-state index >= 15 is 0 Å². The quantitative estimate of drug-likeness (QED) is 0.0494. The molecule has 0 saturated carbocycles. The number of unbranched alkanes of at least 4 members (excludes halogenated alkanes) is 27. The van der Waals surface area contributed by atoms with Crippen LogP contribution in [-0.2, 0) is 0 Å². The van der Waals surface area contributed by atoms with Crippen molar-refractivity contribution in [3.63, 3.8) is 0 Å². The Kier molecular flexibility index (Phi) is 31.2. The summed E-state index contributed by atoms with van der Waals surface area (Å²) in [4.78, 5) is 32.5. The summed E-state index contributed by atoms with van der Waals surface area (Å²) in [6.07, 6.45) is 39.0. The van der Waals surface area contributed by atoms with E-state index in [4.69, 9.17) is 0 Å². The molecule has 5 heteroatoms. The average Bonchev–Trinajstić information content (AvgIpc) is 2.95. The molecule has 0 amide bonds. The maximum atomic E-state index is 10.8. The van der Waals surface area contributed by atoms with Gasteiger partial charge in [0.05, 0.1) is 0 Å². The Morgan fingerprint density at radius 3 is 0.634 bits per heavy atom. The Balaban J connectivity index is 4.55. The molecule has 0 unspecified atom stereocenters. The Labute approximate surface area is 261 Å². The van der Waals surface area contributed by atoms with Gasteiger partial charge in [0.25, 0.3) is 0 Å². The van der Waals surface area contributed by atoms with Gasteiger partial charge >= 0.3 is 241 Å². The fourth-order valence-electron chi connectivity index (χ4n) is 6.31. The molecule has 0 spiro atoms. The van der Waals surface area contributed by atoms with Crippen LogP contribution >= 0.6 is 16.8 Å². The summed E-state index contributed by atoms with van der Waals surface area (Å²) < 4.78 is 0. The Morgan fingerprint density at radius 1 is 0.293 bits per heavy atom. The Bertz CT molecular complexity index is 452. The van der Waals surface area contributed by atoms with Gasteiger partial charge in [0.2, 0.25) is 0 Å². The van der Waals surface area contributed by atoms with Crippen molar-refractivity contribution in [2.24, 2.45) is 0 Å². The first-order valence-corrected chi connectivity index (χ1v) is 23.6. The molecule has 0 radical (unpaired) electrons. The second kappa shape index (κ2) is 30.7. The van der Waals surface area contributed by atoms with Crippen LogP contribution in [0.5, 0.6) is 0 Å². The third-order valence-corrected chi connectivity index (χ3v) is 18.9. The van der Waals surface area contributed by atoms with Gasteiger partial charge in [-0.25, -0.2) is 0 Å². The van der Waals surface area contributed by atoms with Crippen LogP contribution in [0.2, 0.25) is 0 Å². The molecular weight excluding hydrogens is 543 g/mol. The molecule has 0 aliphatic rings. The van der Waals surface area contributed by atoms with Crippen molar-refractivity contribution >= 4 is 16.8 Å². The van der Waals surface area contributed by atoms with E-state index < -0.39 is 16.8 Å². The molecule has 0 fully saturated rings. The molecule has 3 nitrogen and oxygen atoms in total. The van der Waals surface area contributed by atoms with Gasteiger partial charge in [-0.3, -0.25) is 0 Å². The summed E-state index contributed by atoms with van der Waals surface area (Å²) in [5.41, 5.74) is 0. The summed E-state index contributed by atoms with van der Waals surface area (Å²) in [5, 5.41) is 0. The molecule has 0 aliphatic carbocycles. The number of rotatable bonds is 34. The van der Waals surface area contributed by atoms with Crippen LogP contribution in [0, 0.1) is 0 Å². The third-order valence-electron chi connectivity index (χ3n) is 9.25. The van der Waals surface area contributed by atoms with E-state index in [1.165, 1.54) is 173 Å².